The highest BCUT2D eigenvalue weighted by Crippen LogP contribution is 2.31. The number of rotatable bonds is 6. The van der Waals surface area contributed by atoms with Crippen LogP contribution in [0.25, 0.3) is 0 Å². The second-order valence-corrected chi connectivity index (χ2v) is 7.89. The van der Waals surface area contributed by atoms with Crippen molar-refractivity contribution in [3.63, 3.8) is 0 Å². The lowest BCUT2D eigenvalue weighted by atomic mass is 10.3. The Labute approximate surface area is 147 Å². The molecule has 0 radical (unpaired) electrons. The van der Waals surface area contributed by atoms with Crippen LogP contribution in [0, 0.1) is 0 Å². The molecule has 0 unspecified atom stereocenters. The van der Waals surface area contributed by atoms with E-state index in [4.69, 9.17) is 27.9 Å². The van der Waals surface area contributed by atoms with E-state index in [9.17, 15) is 17.2 Å². The van der Waals surface area contributed by atoms with Crippen LogP contribution in [0.5, 0.6) is 17.2 Å². The van der Waals surface area contributed by atoms with E-state index in [1.54, 1.807) is 0 Å². The monoisotopic (exact) mass is 396 g/mol. The summed E-state index contributed by atoms with van der Waals surface area (Å²) in [6, 6.07) is 11.1. The highest BCUT2D eigenvalue weighted by molar-refractivity contribution is 7.90. The molecular weight excluding hydrogens is 385 g/mol. The highest BCUT2D eigenvalue weighted by atomic mass is 35.5. The molecule has 0 aromatic heterocycles. The van der Waals surface area contributed by atoms with E-state index in [2.05, 4.69) is 4.74 Å². The molecule has 4 nitrogen and oxygen atoms in total. The van der Waals surface area contributed by atoms with Crippen molar-refractivity contribution in [2.24, 2.45) is 0 Å². The van der Waals surface area contributed by atoms with E-state index in [1.165, 1.54) is 48.5 Å². The van der Waals surface area contributed by atoms with Gasteiger partial charge >= 0.3 is 6.11 Å². The Morgan fingerprint density at radius 1 is 0.917 bits per heavy atom. The molecule has 9 heteroatoms. The third-order valence-corrected chi connectivity index (χ3v) is 4.46. The van der Waals surface area contributed by atoms with Gasteiger partial charge in [-0.25, -0.2) is 8.42 Å². The Bertz CT molecular complexity index is 791. The standard InChI is InChI=1S/C15H12Cl2F2O4S/c1-24(20,21)13-8-6-11(7-9-13)22-10-2-4-12(5-3-10)23-15(18,19)14(16)17/h2-9,14H,1H3. The number of benzene rings is 2. The molecule has 2 rings (SSSR count). The van der Waals surface area contributed by atoms with Gasteiger partial charge in [0.15, 0.2) is 9.84 Å². The smallest absolute Gasteiger partial charge is 0.428 e. The molecule has 24 heavy (non-hydrogen) atoms. The summed E-state index contributed by atoms with van der Waals surface area (Å²) < 4.78 is 59.1. The number of ether oxygens (including phenoxy) is 2. The molecule has 0 N–H and O–H groups in total. The summed E-state index contributed by atoms with van der Waals surface area (Å²) in [5.74, 6) is 0.611. The molecule has 0 amide bonds. The first-order valence-electron chi connectivity index (χ1n) is 6.51. The Balaban J connectivity index is 2.07. The first kappa shape index (κ1) is 18.8. The zero-order valence-corrected chi connectivity index (χ0v) is 14.6. The Morgan fingerprint density at radius 2 is 1.33 bits per heavy atom. The fourth-order valence-electron chi connectivity index (χ4n) is 1.67. The minimum atomic E-state index is -3.72. The molecule has 0 atom stereocenters. The maximum Gasteiger partial charge on any atom is 0.428 e. The molecule has 0 saturated carbocycles. The summed E-state index contributed by atoms with van der Waals surface area (Å²) in [7, 11) is -3.29. The summed E-state index contributed by atoms with van der Waals surface area (Å²) in [4.78, 5) is -1.83. The topological polar surface area (TPSA) is 52.6 Å². The maximum absolute atomic E-state index is 13.2. The molecule has 0 saturated heterocycles. The summed E-state index contributed by atoms with van der Waals surface area (Å²) in [5.41, 5.74) is 0. The van der Waals surface area contributed by atoms with Crippen molar-refractivity contribution in [2.75, 3.05) is 6.26 Å². The zero-order valence-electron chi connectivity index (χ0n) is 12.2. The molecule has 0 aliphatic heterocycles. The van der Waals surface area contributed by atoms with Gasteiger partial charge in [-0.15, -0.1) is 0 Å². The van der Waals surface area contributed by atoms with Gasteiger partial charge in [-0.3, -0.25) is 0 Å². The van der Waals surface area contributed by atoms with E-state index >= 15 is 0 Å². The Hall–Kier alpha value is -1.57. The third-order valence-electron chi connectivity index (χ3n) is 2.82. The number of halogens is 4. The minimum Gasteiger partial charge on any atom is -0.457 e. The third kappa shape index (κ3) is 4.96. The van der Waals surface area contributed by atoms with E-state index in [0.717, 1.165) is 6.26 Å². The van der Waals surface area contributed by atoms with Crippen LogP contribution in [0.2, 0.25) is 0 Å². The average molecular weight is 397 g/mol. The average Bonchev–Trinajstić information content (AvgIpc) is 2.48. The van der Waals surface area contributed by atoms with Crippen molar-refractivity contribution in [2.45, 2.75) is 15.8 Å². The highest BCUT2D eigenvalue weighted by Gasteiger charge is 2.40. The van der Waals surface area contributed by atoms with Crippen molar-refractivity contribution >= 4 is 33.0 Å². The van der Waals surface area contributed by atoms with Gasteiger partial charge in [0, 0.05) is 6.26 Å². The molecule has 0 aliphatic carbocycles. The molecule has 2 aromatic rings. The predicted octanol–water partition coefficient (Wildman–Crippen LogP) is 4.66. The lowest BCUT2D eigenvalue weighted by molar-refractivity contribution is -0.163. The molecule has 0 aliphatic rings. The maximum atomic E-state index is 13.2. The van der Waals surface area contributed by atoms with Crippen LogP contribution in [-0.4, -0.2) is 25.6 Å². The van der Waals surface area contributed by atoms with E-state index in [0.29, 0.717) is 11.5 Å². The molecule has 0 fully saturated rings. The number of hydrogen-bond donors (Lipinski definition) is 0. The van der Waals surface area contributed by atoms with Crippen molar-refractivity contribution in [1.82, 2.24) is 0 Å². The van der Waals surface area contributed by atoms with Crippen LogP contribution in [0.3, 0.4) is 0 Å². The van der Waals surface area contributed by atoms with Gasteiger partial charge in [-0.05, 0) is 48.5 Å². The lowest BCUT2D eigenvalue weighted by Crippen LogP contribution is -2.32. The van der Waals surface area contributed by atoms with E-state index in [1.807, 2.05) is 0 Å². The quantitative estimate of drug-likeness (QED) is 0.666. The Kier molecular flexibility index (Phi) is 5.57. The summed E-state index contributed by atoms with van der Waals surface area (Å²) in [6.07, 6.45) is -2.61. The molecule has 0 bridgehead atoms. The van der Waals surface area contributed by atoms with Crippen LogP contribution in [0.15, 0.2) is 53.4 Å². The fourth-order valence-corrected chi connectivity index (χ4v) is 2.39. The van der Waals surface area contributed by atoms with Gasteiger partial charge in [-0.2, -0.15) is 8.78 Å². The number of alkyl halides is 4. The summed E-state index contributed by atoms with van der Waals surface area (Å²) in [5, 5.41) is 0. The van der Waals surface area contributed by atoms with Crippen LogP contribution in [0.1, 0.15) is 0 Å². The van der Waals surface area contributed by atoms with Crippen molar-refractivity contribution in [3.05, 3.63) is 48.5 Å². The van der Waals surface area contributed by atoms with Crippen molar-refractivity contribution < 1.29 is 26.7 Å². The van der Waals surface area contributed by atoms with E-state index < -0.39 is 20.8 Å². The van der Waals surface area contributed by atoms with Crippen molar-refractivity contribution in [3.8, 4) is 17.2 Å². The molecule has 130 valence electrons. The first-order valence-corrected chi connectivity index (χ1v) is 9.27. The van der Waals surface area contributed by atoms with Gasteiger partial charge in [0.1, 0.15) is 17.2 Å². The molecule has 2 aromatic carbocycles. The lowest BCUT2D eigenvalue weighted by Gasteiger charge is -2.18. The summed E-state index contributed by atoms with van der Waals surface area (Å²) in [6.45, 7) is 0. The molecule has 0 spiro atoms. The first-order chi connectivity index (χ1) is 11.1. The zero-order chi connectivity index (χ0) is 18.0. The van der Waals surface area contributed by atoms with Gasteiger partial charge < -0.3 is 9.47 Å². The van der Waals surface area contributed by atoms with E-state index in [-0.39, 0.29) is 10.6 Å². The second kappa shape index (κ2) is 7.13. The number of hydrogen-bond acceptors (Lipinski definition) is 4. The number of sulfone groups is 1. The van der Waals surface area contributed by atoms with Gasteiger partial charge in [0.2, 0.25) is 4.84 Å². The van der Waals surface area contributed by atoms with Crippen LogP contribution in [0.4, 0.5) is 8.78 Å². The normalized spacial score (nSPS) is 12.2. The molecule has 0 heterocycles. The minimum absolute atomic E-state index is 0.133. The largest absolute Gasteiger partial charge is 0.457 e. The molecular formula is C15H12Cl2F2O4S. The summed E-state index contributed by atoms with van der Waals surface area (Å²) >= 11 is 10.3. The SMILES string of the molecule is CS(=O)(=O)c1ccc(Oc2ccc(OC(F)(F)C(Cl)Cl)cc2)cc1. The van der Waals surface area contributed by atoms with Crippen molar-refractivity contribution in [1.29, 1.82) is 0 Å². The van der Waals surface area contributed by atoms with Gasteiger partial charge in [0.05, 0.1) is 4.90 Å². The van der Waals surface area contributed by atoms with Gasteiger partial charge in [-0.1, -0.05) is 23.2 Å². The van der Waals surface area contributed by atoms with Crippen LogP contribution >= 0.6 is 23.2 Å². The van der Waals surface area contributed by atoms with Gasteiger partial charge in [0.25, 0.3) is 0 Å². The van der Waals surface area contributed by atoms with Crippen LogP contribution < -0.4 is 9.47 Å². The van der Waals surface area contributed by atoms with Crippen LogP contribution in [-0.2, 0) is 9.84 Å². The second-order valence-electron chi connectivity index (χ2n) is 4.78. The fraction of sp³-hybridized carbons (Fsp3) is 0.200. The predicted molar refractivity (Wildman–Crippen MR) is 87.1 cm³/mol. The Morgan fingerprint density at radius 3 is 1.75 bits per heavy atom.